The number of carbonyl (C=O) groups excluding carboxylic acids is 2. The molecule has 32 heavy (non-hydrogen) atoms. The van der Waals surface area contributed by atoms with Crippen molar-refractivity contribution in [3.63, 3.8) is 0 Å². The molecule has 0 spiro atoms. The number of hydrogen-bond donors (Lipinski definition) is 2. The number of imidazole rings is 1. The van der Waals surface area contributed by atoms with Crippen LogP contribution in [0.1, 0.15) is 73.2 Å². The Morgan fingerprint density at radius 2 is 1.88 bits per heavy atom. The Kier molecular flexibility index (Phi) is 5.45. The predicted molar refractivity (Wildman–Crippen MR) is 124 cm³/mol. The van der Waals surface area contributed by atoms with Crippen molar-refractivity contribution in [2.24, 2.45) is 5.41 Å². The number of amides is 2. The number of carbonyl (C=O) groups is 2. The van der Waals surface area contributed by atoms with Crippen LogP contribution in [0.4, 0.5) is 0 Å². The van der Waals surface area contributed by atoms with Gasteiger partial charge in [0.05, 0.1) is 17.1 Å². The van der Waals surface area contributed by atoms with E-state index >= 15 is 0 Å². The Morgan fingerprint density at radius 1 is 1.12 bits per heavy atom. The van der Waals surface area contributed by atoms with Crippen molar-refractivity contribution in [3.8, 4) is 0 Å². The van der Waals surface area contributed by atoms with E-state index in [4.69, 9.17) is 0 Å². The van der Waals surface area contributed by atoms with Crippen LogP contribution in [0, 0.1) is 5.41 Å². The molecule has 1 aliphatic heterocycles. The molecule has 0 bridgehead atoms. The Bertz CT molecular complexity index is 1110. The van der Waals surface area contributed by atoms with Crippen LogP contribution in [0.25, 0.3) is 11.0 Å². The van der Waals surface area contributed by atoms with E-state index in [1.54, 1.807) is 0 Å². The molecule has 6 nitrogen and oxygen atoms in total. The van der Waals surface area contributed by atoms with Gasteiger partial charge in [-0.25, -0.2) is 4.98 Å². The van der Waals surface area contributed by atoms with Gasteiger partial charge in [0.15, 0.2) is 0 Å². The molecule has 2 amide bonds. The van der Waals surface area contributed by atoms with Gasteiger partial charge in [0.2, 0.25) is 5.91 Å². The largest absolute Gasteiger partial charge is 0.346 e. The third kappa shape index (κ3) is 4.01. The van der Waals surface area contributed by atoms with Crippen molar-refractivity contribution in [2.45, 2.75) is 58.0 Å². The van der Waals surface area contributed by atoms with E-state index < -0.39 is 0 Å². The summed E-state index contributed by atoms with van der Waals surface area (Å²) in [6.07, 6.45) is 5.84. The fourth-order valence-corrected chi connectivity index (χ4v) is 5.42. The number of nitrogens with one attached hydrogen (secondary N) is 2. The molecule has 2 heterocycles. The van der Waals surface area contributed by atoms with E-state index in [1.165, 1.54) is 6.42 Å². The van der Waals surface area contributed by atoms with Crippen LogP contribution in [0.15, 0.2) is 48.5 Å². The molecule has 2 N–H and O–H groups in total. The molecular weight excluding hydrogens is 400 g/mol. The minimum Gasteiger partial charge on any atom is -0.346 e. The summed E-state index contributed by atoms with van der Waals surface area (Å²) in [5.74, 6) is 0.896. The first-order valence-corrected chi connectivity index (χ1v) is 11.6. The second-order valence-electron chi connectivity index (χ2n) is 9.48. The predicted octanol–water partition coefficient (Wildman–Crippen LogP) is 4.74. The van der Waals surface area contributed by atoms with Crippen LogP contribution in [0.3, 0.4) is 0 Å². The lowest BCUT2D eigenvalue weighted by Crippen LogP contribution is -2.43. The number of aromatic nitrogens is 2. The number of hydrogen-bond acceptors (Lipinski definition) is 3. The fourth-order valence-electron chi connectivity index (χ4n) is 5.42. The SMILES string of the molecule is CC(NC(=O)CC1(CN2Cc3ccccc3C2=O)CCCCC1)c1nc2ccccc2[nH]1. The van der Waals surface area contributed by atoms with Gasteiger partial charge in [0.1, 0.15) is 5.82 Å². The van der Waals surface area contributed by atoms with Crippen molar-refractivity contribution in [1.82, 2.24) is 20.2 Å². The summed E-state index contributed by atoms with van der Waals surface area (Å²) in [5, 5.41) is 3.15. The maximum atomic E-state index is 13.1. The van der Waals surface area contributed by atoms with E-state index in [1.807, 2.05) is 60.4 Å². The second kappa shape index (κ2) is 8.41. The summed E-state index contributed by atoms with van der Waals surface area (Å²) in [5.41, 5.74) is 3.61. The van der Waals surface area contributed by atoms with Crippen LogP contribution >= 0.6 is 0 Å². The molecule has 1 saturated carbocycles. The smallest absolute Gasteiger partial charge is 0.254 e. The Hall–Kier alpha value is -3.15. The Balaban J connectivity index is 1.28. The highest BCUT2D eigenvalue weighted by Crippen LogP contribution is 2.41. The van der Waals surface area contributed by atoms with Gasteiger partial charge < -0.3 is 15.2 Å². The zero-order valence-electron chi connectivity index (χ0n) is 18.6. The number of nitrogens with zero attached hydrogens (tertiary/aromatic N) is 2. The van der Waals surface area contributed by atoms with Gasteiger partial charge >= 0.3 is 0 Å². The zero-order chi connectivity index (χ0) is 22.1. The first kappa shape index (κ1) is 20.7. The number of rotatable bonds is 6. The first-order chi connectivity index (χ1) is 15.5. The van der Waals surface area contributed by atoms with Gasteiger partial charge in [-0.2, -0.15) is 0 Å². The van der Waals surface area contributed by atoms with E-state index in [0.717, 1.165) is 53.7 Å². The van der Waals surface area contributed by atoms with E-state index in [0.29, 0.717) is 19.5 Å². The maximum Gasteiger partial charge on any atom is 0.254 e. The van der Waals surface area contributed by atoms with Gasteiger partial charge in [-0.3, -0.25) is 9.59 Å². The Morgan fingerprint density at radius 3 is 2.66 bits per heavy atom. The minimum absolute atomic E-state index is 0.0315. The monoisotopic (exact) mass is 430 g/mol. The summed E-state index contributed by atoms with van der Waals surface area (Å²) >= 11 is 0. The van der Waals surface area contributed by atoms with E-state index in [2.05, 4.69) is 15.3 Å². The van der Waals surface area contributed by atoms with Crippen molar-refractivity contribution < 1.29 is 9.59 Å². The van der Waals surface area contributed by atoms with E-state index in [-0.39, 0.29) is 23.3 Å². The fraction of sp³-hybridized carbons (Fsp3) is 0.423. The van der Waals surface area contributed by atoms with Crippen LogP contribution in [0.5, 0.6) is 0 Å². The van der Waals surface area contributed by atoms with Gasteiger partial charge in [0.25, 0.3) is 5.91 Å². The van der Waals surface area contributed by atoms with Crippen molar-refractivity contribution >= 4 is 22.8 Å². The lowest BCUT2D eigenvalue weighted by Gasteiger charge is -2.40. The summed E-state index contributed by atoms with van der Waals surface area (Å²) in [6, 6.07) is 15.5. The molecule has 2 aromatic carbocycles. The topological polar surface area (TPSA) is 78.1 Å². The van der Waals surface area contributed by atoms with Crippen molar-refractivity contribution in [2.75, 3.05) is 6.54 Å². The molecule has 1 aliphatic carbocycles. The van der Waals surface area contributed by atoms with Gasteiger partial charge in [-0.05, 0) is 48.9 Å². The van der Waals surface area contributed by atoms with Gasteiger partial charge in [-0.1, -0.05) is 49.6 Å². The Labute approximate surface area is 188 Å². The lowest BCUT2D eigenvalue weighted by molar-refractivity contribution is -0.125. The van der Waals surface area contributed by atoms with Crippen LogP contribution < -0.4 is 5.32 Å². The van der Waals surface area contributed by atoms with Gasteiger partial charge in [-0.15, -0.1) is 0 Å². The average molecular weight is 431 g/mol. The quantitative estimate of drug-likeness (QED) is 0.593. The number of H-pyrrole nitrogens is 1. The molecule has 5 rings (SSSR count). The molecule has 166 valence electrons. The molecule has 2 aliphatic rings. The normalized spacial score (nSPS) is 18.5. The van der Waals surface area contributed by atoms with Crippen LogP contribution in [0.2, 0.25) is 0 Å². The lowest BCUT2D eigenvalue weighted by atomic mass is 9.71. The van der Waals surface area contributed by atoms with Crippen LogP contribution in [-0.4, -0.2) is 33.2 Å². The minimum atomic E-state index is -0.201. The first-order valence-electron chi connectivity index (χ1n) is 11.6. The molecular formula is C26H30N4O2. The zero-order valence-corrected chi connectivity index (χ0v) is 18.6. The highest BCUT2D eigenvalue weighted by molar-refractivity contribution is 5.98. The third-order valence-corrected chi connectivity index (χ3v) is 7.07. The standard InChI is InChI=1S/C26H30N4O2/c1-18(24-28-21-11-5-6-12-22(21)29-24)27-23(31)15-26(13-7-2-8-14-26)17-30-16-19-9-3-4-10-20(19)25(30)32/h3-6,9-12,18H,2,7-8,13-17H2,1H3,(H,27,31)(H,28,29). The van der Waals surface area contributed by atoms with E-state index in [9.17, 15) is 9.59 Å². The summed E-state index contributed by atoms with van der Waals surface area (Å²) in [4.78, 5) is 36.0. The molecule has 1 aromatic heterocycles. The molecule has 1 atom stereocenters. The molecule has 1 unspecified atom stereocenters. The highest BCUT2D eigenvalue weighted by atomic mass is 16.2. The number of para-hydroxylation sites is 2. The molecule has 0 radical (unpaired) electrons. The molecule has 0 saturated heterocycles. The average Bonchev–Trinajstić information content (AvgIpc) is 3.36. The number of fused-ring (bicyclic) bond motifs is 2. The summed E-state index contributed by atoms with van der Waals surface area (Å²) < 4.78 is 0. The molecule has 3 aromatic rings. The molecule has 6 heteroatoms. The van der Waals surface area contributed by atoms with Crippen molar-refractivity contribution in [1.29, 1.82) is 0 Å². The molecule has 1 fully saturated rings. The maximum absolute atomic E-state index is 13.1. The van der Waals surface area contributed by atoms with Crippen LogP contribution in [-0.2, 0) is 11.3 Å². The summed E-state index contributed by atoms with van der Waals surface area (Å²) in [7, 11) is 0. The highest BCUT2D eigenvalue weighted by Gasteiger charge is 2.39. The second-order valence-corrected chi connectivity index (χ2v) is 9.48. The van der Waals surface area contributed by atoms with Crippen molar-refractivity contribution in [3.05, 3.63) is 65.5 Å². The third-order valence-electron chi connectivity index (χ3n) is 7.07. The summed E-state index contributed by atoms with van der Waals surface area (Å²) in [6.45, 7) is 3.25. The number of benzene rings is 2. The van der Waals surface area contributed by atoms with Gasteiger partial charge in [0, 0.05) is 25.1 Å². The number of aromatic amines is 1.